The molecule has 0 spiro atoms. The molecule has 3 aromatic rings. The number of rotatable bonds is 11. The first-order valence-corrected chi connectivity index (χ1v) is 11.7. The summed E-state index contributed by atoms with van der Waals surface area (Å²) < 4.78 is 22.0. The van der Waals surface area contributed by atoms with Gasteiger partial charge in [0.1, 0.15) is 11.5 Å². The van der Waals surface area contributed by atoms with Crippen LogP contribution in [0.1, 0.15) is 29.1 Å². The largest absolute Gasteiger partial charge is 0.493 e. The number of thiophene rings is 1. The van der Waals surface area contributed by atoms with E-state index in [9.17, 15) is 9.59 Å². The molecule has 180 valence electrons. The van der Waals surface area contributed by atoms with Crippen molar-refractivity contribution in [3.63, 3.8) is 0 Å². The summed E-state index contributed by atoms with van der Waals surface area (Å²) in [6.45, 7) is 4.45. The van der Waals surface area contributed by atoms with Crippen molar-refractivity contribution in [1.82, 2.24) is 0 Å². The summed E-state index contributed by atoms with van der Waals surface area (Å²) in [6.07, 6.45) is 0.118. The van der Waals surface area contributed by atoms with Gasteiger partial charge in [-0.15, -0.1) is 11.3 Å². The van der Waals surface area contributed by atoms with Crippen molar-refractivity contribution in [2.24, 2.45) is 0 Å². The van der Waals surface area contributed by atoms with E-state index in [1.165, 1.54) is 11.3 Å². The van der Waals surface area contributed by atoms with Crippen molar-refractivity contribution in [3.8, 4) is 23.0 Å². The maximum atomic E-state index is 12.8. The minimum Gasteiger partial charge on any atom is -0.493 e. The van der Waals surface area contributed by atoms with E-state index in [1.807, 2.05) is 25.3 Å². The van der Waals surface area contributed by atoms with E-state index in [-0.39, 0.29) is 18.2 Å². The first-order chi connectivity index (χ1) is 16.5. The van der Waals surface area contributed by atoms with Crippen molar-refractivity contribution in [3.05, 3.63) is 58.3 Å². The van der Waals surface area contributed by atoms with Crippen LogP contribution in [0.2, 0.25) is 0 Å². The Balaban J connectivity index is 1.84. The third kappa shape index (κ3) is 6.20. The van der Waals surface area contributed by atoms with E-state index in [4.69, 9.17) is 18.9 Å². The molecule has 1 heterocycles. The Morgan fingerprint density at radius 3 is 2.03 bits per heavy atom. The van der Waals surface area contributed by atoms with E-state index in [1.54, 1.807) is 50.6 Å². The molecule has 0 saturated heterocycles. The van der Waals surface area contributed by atoms with Crippen molar-refractivity contribution in [2.45, 2.75) is 20.3 Å². The summed E-state index contributed by atoms with van der Waals surface area (Å²) in [4.78, 5) is 26.0. The molecule has 0 saturated carbocycles. The Morgan fingerprint density at radius 2 is 1.47 bits per heavy atom. The highest BCUT2D eigenvalue weighted by molar-refractivity contribution is 7.12. The second-order valence-electron chi connectivity index (χ2n) is 7.06. The molecular weight excluding hydrogens is 456 g/mol. The second-order valence-corrected chi connectivity index (χ2v) is 8.00. The number of ether oxygens (including phenoxy) is 4. The van der Waals surface area contributed by atoms with Gasteiger partial charge in [-0.2, -0.15) is 0 Å². The van der Waals surface area contributed by atoms with Gasteiger partial charge in [0, 0.05) is 12.1 Å². The zero-order chi connectivity index (χ0) is 24.5. The zero-order valence-electron chi connectivity index (χ0n) is 19.6. The molecule has 0 radical (unpaired) electrons. The minimum atomic E-state index is -0.247. The molecule has 2 amide bonds. The molecular formula is C25H28N2O6S. The average molecular weight is 485 g/mol. The Bertz CT molecular complexity index is 1130. The highest BCUT2D eigenvalue weighted by Gasteiger charge is 2.18. The summed E-state index contributed by atoms with van der Waals surface area (Å²) in [6, 6.07) is 12.2. The normalized spacial score (nSPS) is 10.4. The molecule has 34 heavy (non-hydrogen) atoms. The number of nitrogens with one attached hydrogen (secondary N) is 2. The van der Waals surface area contributed by atoms with E-state index in [0.717, 1.165) is 5.56 Å². The highest BCUT2D eigenvalue weighted by atomic mass is 32.1. The van der Waals surface area contributed by atoms with E-state index < -0.39 is 0 Å². The summed E-state index contributed by atoms with van der Waals surface area (Å²) in [7, 11) is 3.10. The summed E-state index contributed by atoms with van der Waals surface area (Å²) in [5.74, 6) is 1.50. The maximum Gasteiger partial charge on any atom is 0.265 e. The molecule has 1 aromatic heterocycles. The van der Waals surface area contributed by atoms with Crippen molar-refractivity contribution in [1.29, 1.82) is 0 Å². The fourth-order valence-electron chi connectivity index (χ4n) is 3.27. The molecule has 2 N–H and O–H groups in total. The van der Waals surface area contributed by atoms with Gasteiger partial charge in [0.2, 0.25) is 5.91 Å². The lowest BCUT2D eigenvalue weighted by atomic mass is 10.1. The van der Waals surface area contributed by atoms with Crippen LogP contribution in [0.4, 0.5) is 11.4 Å². The molecule has 8 nitrogen and oxygen atoms in total. The van der Waals surface area contributed by atoms with Gasteiger partial charge in [-0.05, 0) is 43.0 Å². The average Bonchev–Trinajstić information content (AvgIpc) is 3.37. The van der Waals surface area contributed by atoms with E-state index >= 15 is 0 Å². The Hall–Kier alpha value is -3.72. The second kappa shape index (κ2) is 11.9. The van der Waals surface area contributed by atoms with Crippen LogP contribution in [0.15, 0.2) is 47.8 Å². The van der Waals surface area contributed by atoms with Crippen molar-refractivity contribution >= 4 is 34.5 Å². The topological polar surface area (TPSA) is 95.1 Å². The molecule has 0 atom stereocenters. The maximum absolute atomic E-state index is 12.8. The van der Waals surface area contributed by atoms with Crippen LogP contribution in [0.25, 0.3) is 0 Å². The van der Waals surface area contributed by atoms with Crippen LogP contribution in [0.3, 0.4) is 0 Å². The smallest absolute Gasteiger partial charge is 0.265 e. The van der Waals surface area contributed by atoms with Gasteiger partial charge < -0.3 is 29.6 Å². The molecule has 0 unspecified atom stereocenters. The molecule has 2 aromatic carbocycles. The van der Waals surface area contributed by atoms with Crippen molar-refractivity contribution in [2.75, 3.05) is 38.1 Å². The first kappa shape index (κ1) is 24.9. The molecule has 0 aliphatic rings. The van der Waals surface area contributed by atoms with Crippen molar-refractivity contribution < 1.29 is 28.5 Å². The quantitative estimate of drug-likeness (QED) is 0.398. The van der Waals surface area contributed by atoms with Gasteiger partial charge in [0.15, 0.2) is 11.5 Å². The number of hydrogen-bond donors (Lipinski definition) is 2. The number of carbonyl (C=O) groups is 2. The van der Waals surface area contributed by atoms with Crippen LogP contribution < -0.4 is 29.6 Å². The first-order valence-electron chi connectivity index (χ1n) is 10.8. The lowest BCUT2D eigenvalue weighted by Crippen LogP contribution is -2.16. The molecule has 0 aliphatic heterocycles. The lowest BCUT2D eigenvalue weighted by molar-refractivity contribution is -0.115. The van der Waals surface area contributed by atoms with Gasteiger partial charge >= 0.3 is 0 Å². The standard InChI is InChI=1S/C25H28N2O6S/c1-5-32-20-15-18(27-25(29)23-8-7-11-34-23)21(33-6-2)14-17(20)26-24(28)13-16-9-10-19(30-3)22(12-16)31-4/h7-12,14-15H,5-6,13H2,1-4H3,(H,26,28)(H,27,29). The van der Waals surface area contributed by atoms with Crippen LogP contribution in [-0.2, 0) is 11.2 Å². The van der Waals surface area contributed by atoms with Crippen LogP contribution in [-0.4, -0.2) is 39.2 Å². The number of amides is 2. The van der Waals surface area contributed by atoms with E-state index in [2.05, 4.69) is 10.6 Å². The number of hydrogen-bond acceptors (Lipinski definition) is 7. The van der Waals surface area contributed by atoms with Crippen LogP contribution >= 0.6 is 11.3 Å². The molecule has 0 aliphatic carbocycles. The number of carbonyl (C=O) groups excluding carboxylic acids is 2. The monoisotopic (exact) mass is 484 g/mol. The molecule has 0 fully saturated rings. The van der Waals surface area contributed by atoms with Gasteiger partial charge in [0.25, 0.3) is 5.91 Å². The lowest BCUT2D eigenvalue weighted by Gasteiger charge is -2.18. The summed E-state index contributed by atoms with van der Waals surface area (Å²) in [5.41, 5.74) is 1.67. The van der Waals surface area contributed by atoms with Gasteiger partial charge in [-0.3, -0.25) is 9.59 Å². The summed E-state index contributed by atoms with van der Waals surface area (Å²) in [5, 5.41) is 7.59. The third-order valence-corrected chi connectivity index (χ3v) is 5.63. The van der Waals surface area contributed by atoms with Gasteiger partial charge in [0.05, 0.1) is 50.1 Å². The number of benzene rings is 2. The Morgan fingerprint density at radius 1 is 0.824 bits per heavy atom. The fourth-order valence-corrected chi connectivity index (χ4v) is 3.89. The highest BCUT2D eigenvalue weighted by Crippen LogP contribution is 2.37. The SMILES string of the molecule is CCOc1cc(NC(=O)c2cccs2)c(OCC)cc1NC(=O)Cc1ccc(OC)c(OC)c1. The number of anilines is 2. The van der Waals surface area contributed by atoms with Crippen LogP contribution in [0, 0.1) is 0 Å². The minimum absolute atomic E-state index is 0.118. The third-order valence-electron chi connectivity index (χ3n) is 4.76. The Kier molecular flexibility index (Phi) is 8.75. The molecule has 0 bridgehead atoms. The summed E-state index contributed by atoms with van der Waals surface area (Å²) >= 11 is 1.34. The van der Waals surface area contributed by atoms with E-state index in [0.29, 0.717) is 52.5 Å². The van der Waals surface area contributed by atoms with Gasteiger partial charge in [-0.25, -0.2) is 0 Å². The number of methoxy groups -OCH3 is 2. The molecule has 9 heteroatoms. The predicted molar refractivity (Wildman–Crippen MR) is 133 cm³/mol. The Labute approximate surface area is 202 Å². The zero-order valence-corrected chi connectivity index (χ0v) is 20.4. The van der Waals surface area contributed by atoms with Crippen LogP contribution in [0.5, 0.6) is 23.0 Å². The predicted octanol–water partition coefficient (Wildman–Crippen LogP) is 5.00. The molecule has 3 rings (SSSR count). The fraction of sp³-hybridized carbons (Fsp3) is 0.280. The van der Waals surface area contributed by atoms with Gasteiger partial charge in [-0.1, -0.05) is 12.1 Å².